The summed E-state index contributed by atoms with van der Waals surface area (Å²) in [5.74, 6) is 0.331. The van der Waals surface area contributed by atoms with E-state index in [-0.39, 0.29) is 0 Å². The Morgan fingerprint density at radius 1 is 0.952 bits per heavy atom. The molecule has 1 heteroatoms. The molecule has 1 aliphatic carbocycles. The van der Waals surface area contributed by atoms with Gasteiger partial charge in [-0.05, 0) is 35.6 Å². The van der Waals surface area contributed by atoms with Gasteiger partial charge >= 0.3 is 0 Å². The minimum atomic E-state index is 0.331. The highest BCUT2D eigenvalue weighted by Gasteiger charge is 2.24. The van der Waals surface area contributed by atoms with Gasteiger partial charge in [-0.1, -0.05) is 67.8 Å². The van der Waals surface area contributed by atoms with Crippen LogP contribution < -0.4 is 0 Å². The third-order valence-corrected chi connectivity index (χ3v) is 4.43. The molecule has 2 aromatic carbocycles. The molecule has 2 aromatic rings. The van der Waals surface area contributed by atoms with Crippen molar-refractivity contribution < 1.29 is 4.79 Å². The van der Waals surface area contributed by atoms with Gasteiger partial charge in [-0.25, -0.2) is 0 Å². The molecule has 0 N–H and O–H groups in total. The summed E-state index contributed by atoms with van der Waals surface area (Å²) in [6.07, 6.45) is 6.41. The molecule has 21 heavy (non-hydrogen) atoms. The minimum Gasteiger partial charge on any atom is -0.294 e. The van der Waals surface area contributed by atoms with Gasteiger partial charge in [-0.15, -0.1) is 0 Å². The predicted octanol–water partition coefficient (Wildman–Crippen LogP) is 5.54. The Morgan fingerprint density at radius 3 is 2.62 bits per heavy atom. The van der Waals surface area contributed by atoms with Gasteiger partial charge in [-0.3, -0.25) is 4.79 Å². The molecule has 0 amide bonds. The zero-order chi connectivity index (χ0) is 14.7. The Balaban J connectivity index is 2.05. The van der Waals surface area contributed by atoms with Crippen LogP contribution in [0.1, 0.15) is 51.0 Å². The average molecular weight is 278 g/mol. The van der Waals surface area contributed by atoms with Gasteiger partial charge in [0.25, 0.3) is 0 Å². The number of carbonyl (C=O) groups excluding carboxylic acids is 1. The highest BCUT2D eigenvalue weighted by molar-refractivity contribution is 6.26. The van der Waals surface area contributed by atoms with Crippen molar-refractivity contribution in [3.8, 4) is 0 Å². The van der Waals surface area contributed by atoms with Crippen LogP contribution in [0.4, 0.5) is 0 Å². The van der Waals surface area contributed by atoms with E-state index in [9.17, 15) is 4.79 Å². The SMILES string of the molecule is CCCCCC1=C(c2cccc3ccccc23)C(=O)CC1. The van der Waals surface area contributed by atoms with E-state index in [0.29, 0.717) is 12.2 Å². The lowest BCUT2D eigenvalue weighted by molar-refractivity contribution is -0.113. The van der Waals surface area contributed by atoms with Crippen molar-refractivity contribution in [3.63, 3.8) is 0 Å². The van der Waals surface area contributed by atoms with Crippen molar-refractivity contribution >= 4 is 22.1 Å². The molecule has 0 bridgehead atoms. The third kappa shape index (κ3) is 2.78. The van der Waals surface area contributed by atoms with Gasteiger partial charge in [0.2, 0.25) is 0 Å². The fourth-order valence-electron chi connectivity index (χ4n) is 3.33. The van der Waals surface area contributed by atoms with E-state index < -0.39 is 0 Å². The molecule has 0 aromatic heterocycles. The first-order chi connectivity index (χ1) is 10.3. The topological polar surface area (TPSA) is 17.1 Å². The lowest BCUT2D eigenvalue weighted by atomic mass is 9.93. The predicted molar refractivity (Wildman–Crippen MR) is 89.3 cm³/mol. The second-order valence-corrected chi connectivity index (χ2v) is 5.89. The van der Waals surface area contributed by atoms with Crippen molar-refractivity contribution in [2.24, 2.45) is 0 Å². The summed E-state index contributed by atoms with van der Waals surface area (Å²) in [6.45, 7) is 2.22. The number of allylic oxidation sites excluding steroid dienone is 2. The zero-order valence-electron chi connectivity index (χ0n) is 12.7. The summed E-state index contributed by atoms with van der Waals surface area (Å²) < 4.78 is 0. The standard InChI is InChI=1S/C20H22O/c1-2-3-4-9-16-13-14-19(21)20(16)18-12-7-10-15-8-5-6-11-17(15)18/h5-8,10-12H,2-4,9,13-14H2,1H3. The van der Waals surface area contributed by atoms with Crippen LogP contribution in [0.3, 0.4) is 0 Å². The number of unbranched alkanes of at least 4 members (excludes halogenated alkanes) is 2. The molecule has 0 spiro atoms. The Morgan fingerprint density at radius 2 is 1.76 bits per heavy atom. The zero-order valence-corrected chi connectivity index (χ0v) is 12.7. The van der Waals surface area contributed by atoms with Crippen molar-refractivity contribution in [2.75, 3.05) is 0 Å². The Labute approximate surface area is 126 Å². The van der Waals surface area contributed by atoms with Gasteiger partial charge in [0.1, 0.15) is 0 Å². The summed E-state index contributed by atoms with van der Waals surface area (Å²) in [4.78, 5) is 12.4. The van der Waals surface area contributed by atoms with Crippen LogP contribution in [-0.4, -0.2) is 5.78 Å². The molecule has 0 atom stereocenters. The quantitative estimate of drug-likeness (QED) is 0.656. The van der Waals surface area contributed by atoms with Gasteiger partial charge in [0.15, 0.2) is 5.78 Å². The second kappa shape index (κ2) is 6.26. The molecule has 0 fully saturated rings. The van der Waals surface area contributed by atoms with Gasteiger partial charge < -0.3 is 0 Å². The van der Waals surface area contributed by atoms with Crippen molar-refractivity contribution in [1.29, 1.82) is 0 Å². The van der Waals surface area contributed by atoms with Crippen LogP contribution in [0.5, 0.6) is 0 Å². The van der Waals surface area contributed by atoms with Crippen LogP contribution in [0.15, 0.2) is 48.0 Å². The summed E-state index contributed by atoms with van der Waals surface area (Å²) in [6, 6.07) is 14.7. The number of carbonyl (C=O) groups is 1. The summed E-state index contributed by atoms with van der Waals surface area (Å²) >= 11 is 0. The molecule has 0 aliphatic heterocycles. The summed E-state index contributed by atoms with van der Waals surface area (Å²) in [7, 11) is 0. The lowest BCUT2D eigenvalue weighted by Gasteiger charge is -2.10. The Bertz CT molecular complexity index is 689. The molecular weight excluding hydrogens is 256 g/mol. The smallest absolute Gasteiger partial charge is 0.163 e. The molecule has 108 valence electrons. The largest absolute Gasteiger partial charge is 0.294 e. The van der Waals surface area contributed by atoms with Crippen molar-refractivity contribution in [1.82, 2.24) is 0 Å². The van der Waals surface area contributed by atoms with Crippen molar-refractivity contribution in [2.45, 2.75) is 45.4 Å². The van der Waals surface area contributed by atoms with Crippen LogP contribution in [0.2, 0.25) is 0 Å². The highest BCUT2D eigenvalue weighted by atomic mass is 16.1. The van der Waals surface area contributed by atoms with E-state index >= 15 is 0 Å². The highest BCUT2D eigenvalue weighted by Crippen LogP contribution is 2.37. The van der Waals surface area contributed by atoms with E-state index in [1.165, 1.54) is 35.6 Å². The first-order valence-corrected chi connectivity index (χ1v) is 8.04. The molecule has 1 nitrogen and oxygen atoms in total. The van der Waals surface area contributed by atoms with E-state index in [0.717, 1.165) is 24.0 Å². The fraction of sp³-hybridized carbons (Fsp3) is 0.350. The maximum absolute atomic E-state index is 12.4. The molecule has 0 saturated carbocycles. The van der Waals surface area contributed by atoms with Crippen LogP contribution in [0, 0.1) is 0 Å². The van der Waals surface area contributed by atoms with E-state index in [1.807, 2.05) is 0 Å². The maximum Gasteiger partial charge on any atom is 0.163 e. The summed E-state index contributed by atoms with van der Waals surface area (Å²) in [5.41, 5.74) is 3.54. The second-order valence-electron chi connectivity index (χ2n) is 5.89. The van der Waals surface area contributed by atoms with E-state index in [2.05, 4.69) is 49.4 Å². The number of rotatable bonds is 5. The molecule has 0 radical (unpaired) electrons. The first kappa shape index (κ1) is 14.1. The number of hydrogen-bond acceptors (Lipinski definition) is 1. The first-order valence-electron chi connectivity index (χ1n) is 8.04. The van der Waals surface area contributed by atoms with E-state index in [1.54, 1.807) is 0 Å². The number of benzene rings is 2. The number of fused-ring (bicyclic) bond motifs is 1. The van der Waals surface area contributed by atoms with Crippen LogP contribution >= 0.6 is 0 Å². The fourth-order valence-corrected chi connectivity index (χ4v) is 3.33. The van der Waals surface area contributed by atoms with Crippen molar-refractivity contribution in [3.05, 3.63) is 53.6 Å². The molecule has 1 aliphatic rings. The normalized spacial score (nSPS) is 15.2. The summed E-state index contributed by atoms with van der Waals surface area (Å²) in [5, 5.41) is 2.42. The number of ketones is 1. The van der Waals surface area contributed by atoms with Gasteiger partial charge in [0.05, 0.1) is 0 Å². The van der Waals surface area contributed by atoms with E-state index in [4.69, 9.17) is 0 Å². The van der Waals surface area contributed by atoms with Gasteiger partial charge in [0, 0.05) is 12.0 Å². The molecule has 3 rings (SSSR count). The average Bonchev–Trinajstić information content (AvgIpc) is 2.88. The maximum atomic E-state index is 12.4. The Kier molecular flexibility index (Phi) is 4.19. The number of hydrogen-bond donors (Lipinski definition) is 0. The van der Waals surface area contributed by atoms with Gasteiger partial charge in [-0.2, -0.15) is 0 Å². The molecular formula is C20H22O. The van der Waals surface area contributed by atoms with Crippen LogP contribution in [0.25, 0.3) is 16.3 Å². The third-order valence-electron chi connectivity index (χ3n) is 4.43. The monoisotopic (exact) mass is 278 g/mol. The molecule has 0 saturated heterocycles. The van der Waals surface area contributed by atoms with Crippen LogP contribution in [-0.2, 0) is 4.79 Å². The number of Topliss-reactive ketones (excluding diaryl/α,β-unsaturated/α-hetero) is 1. The molecule has 0 unspecified atom stereocenters. The Hall–Kier alpha value is -1.89. The minimum absolute atomic E-state index is 0.331. The molecule has 0 heterocycles. The lowest BCUT2D eigenvalue weighted by Crippen LogP contribution is -1.97.